The summed E-state index contributed by atoms with van der Waals surface area (Å²) in [5, 5.41) is 0. The fourth-order valence-electron chi connectivity index (χ4n) is 3.87. The maximum absolute atomic E-state index is 12.6. The summed E-state index contributed by atoms with van der Waals surface area (Å²) in [5.41, 5.74) is 6.53. The molecule has 7 nitrogen and oxygen atoms in total. The van der Waals surface area contributed by atoms with E-state index in [1.165, 1.54) is 0 Å². The summed E-state index contributed by atoms with van der Waals surface area (Å²) >= 11 is 0. The van der Waals surface area contributed by atoms with Gasteiger partial charge in [0.05, 0.1) is 24.8 Å². The highest BCUT2D eigenvalue weighted by atomic mass is 16.5. The topological polar surface area (TPSA) is 79.1 Å². The van der Waals surface area contributed by atoms with Gasteiger partial charge < -0.3 is 20.3 Å². The molecule has 1 aromatic rings. The van der Waals surface area contributed by atoms with Crippen LogP contribution < -0.4 is 15.4 Å². The van der Waals surface area contributed by atoms with E-state index < -0.39 is 0 Å². The molecule has 2 aliphatic heterocycles. The van der Waals surface area contributed by atoms with E-state index in [2.05, 4.69) is 15.9 Å². The molecule has 2 heterocycles. The van der Waals surface area contributed by atoms with Crippen molar-refractivity contribution in [3.8, 4) is 5.75 Å². The molecule has 2 fully saturated rings. The lowest BCUT2D eigenvalue weighted by molar-refractivity contribution is -0.136. The molecule has 0 radical (unpaired) electrons. The number of likely N-dealkylation sites (tertiary alicyclic amines) is 1. The van der Waals surface area contributed by atoms with E-state index in [0.717, 1.165) is 57.0 Å². The molecule has 3 rings (SSSR count). The molecule has 0 bridgehead atoms. The molecule has 27 heavy (non-hydrogen) atoms. The minimum Gasteiger partial charge on any atom is -0.492 e. The number of piperidine rings is 1. The summed E-state index contributed by atoms with van der Waals surface area (Å²) in [6.45, 7) is 7.63. The van der Waals surface area contributed by atoms with Crippen LogP contribution in [0.15, 0.2) is 24.3 Å². The molecule has 2 amide bonds. The van der Waals surface area contributed by atoms with Crippen molar-refractivity contribution >= 4 is 17.5 Å². The van der Waals surface area contributed by atoms with Gasteiger partial charge >= 0.3 is 0 Å². The number of piperazine rings is 1. The predicted molar refractivity (Wildman–Crippen MR) is 105 cm³/mol. The highest BCUT2D eigenvalue weighted by molar-refractivity contribution is 5.81. The van der Waals surface area contributed by atoms with E-state index in [-0.39, 0.29) is 17.7 Å². The molecule has 1 atom stereocenters. The SMILES string of the molecule is CCOc1ccccc1N1CCN(CC(=O)N2CCCC(C(N)=O)C2)CC1. The van der Waals surface area contributed by atoms with Gasteiger partial charge in [0.15, 0.2) is 0 Å². The summed E-state index contributed by atoms with van der Waals surface area (Å²) in [6, 6.07) is 8.10. The maximum Gasteiger partial charge on any atom is 0.236 e. The number of ether oxygens (including phenoxy) is 1. The van der Waals surface area contributed by atoms with Gasteiger partial charge in [0.2, 0.25) is 11.8 Å². The maximum atomic E-state index is 12.6. The Hall–Kier alpha value is -2.28. The number of hydrogen-bond donors (Lipinski definition) is 1. The molecular weight excluding hydrogens is 344 g/mol. The fraction of sp³-hybridized carbons (Fsp3) is 0.600. The van der Waals surface area contributed by atoms with Crippen molar-refractivity contribution < 1.29 is 14.3 Å². The molecular formula is C20H30N4O3. The summed E-state index contributed by atoms with van der Waals surface area (Å²) in [4.78, 5) is 30.3. The zero-order chi connectivity index (χ0) is 19.2. The van der Waals surface area contributed by atoms with Crippen LogP contribution in [0.2, 0.25) is 0 Å². The van der Waals surface area contributed by atoms with Crippen molar-refractivity contribution in [2.75, 3.05) is 57.3 Å². The highest BCUT2D eigenvalue weighted by Crippen LogP contribution is 2.28. The zero-order valence-electron chi connectivity index (χ0n) is 16.1. The molecule has 1 unspecified atom stereocenters. The van der Waals surface area contributed by atoms with Gasteiger partial charge in [0.1, 0.15) is 5.75 Å². The Morgan fingerprint density at radius 1 is 1.15 bits per heavy atom. The molecule has 0 spiro atoms. The highest BCUT2D eigenvalue weighted by Gasteiger charge is 2.28. The van der Waals surface area contributed by atoms with Crippen molar-refractivity contribution in [2.24, 2.45) is 11.7 Å². The molecule has 7 heteroatoms. The van der Waals surface area contributed by atoms with Gasteiger partial charge in [-0.05, 0) is 31.9 Å². The van der Waals surface area contributed by atoms with Crippen LogP contribution >= 0.6 is 0 Å². The third kappa shape index (κ3) is 4.91. The molecule has 148 valence electrons. The van der Waals surface area contributed by atoms with E-state index >= 15 is 0 Å². The molecule has 2 N–H and O–H groups in total. The van der Waals surface area contributed by atoms with E-state index in [1.807, 2.05) is 25.1 Å². The van der Waals surface area contributed by atoms with Crippen molar-refractivity contribution in [2.45, 2.75) is 19.8 Å². The Labute approximate surface area is 161 Å². The Morgan fingerprint density at radius 3 is 2.59 bits per heavy atom. The normalized spacial score (nSPS) is 21.1. The quantitative estimate of drug-likeness (QED) is 0.801. The predicted octanol–water partition coefficient (Wildman–Crippen LogP) is 0.931. The van der Waals surface area contributed by atoms with E-state index in [4.69, 9.17) is 10.5 Å². The van der Waals surface area contributed by atoms with Crippen molar-refractivity contribution in [1.29, 1.82) is 0 Å². The number of hydrogen-bond acceptors (Lipinski definition) is 5. The number of anilines is 1. The van der Waals surface area contributed by atoms with Crippen molar-refractivity contribution in [3.05, 3.63) is 24.3 Å². The molecule has 0 aliphatic carbocycles. The standard InChI is InChI=1S/C20H30N4O3/c1-2-27-18-8-4-3-7-17(18)23-12-10-22(11-13-23)15-19(25)24-9-5-6-16(14-24)20(21)26/h3-4,7-8,16H,2,5-6,9-15H2,1H3,(H2,21,26). The second kappa shape index (κ2) is 9.08. The molecule has 2 saturated heterocycles. The first-order valence-electron chi connectivity index (χ1n) is 9.84. The van der Waals surface area contributed by atoms with Crippen LogP contribution in [-0.2, 0) is 9.59 Å². The van der Waals surface area contributed by atoms with Crippen molar-refractivity contribution in [1.82, 2.24) is 9.80 Å². The fourth-order valence-corrected chi connectivity index (χ4v) is 3.87. The summed E-state index contributed by atoms with van der Waals surface area (Å²) in [7, 11) is 0. The number of rotatable bonds is 6. The number of carbonyl (C=O) groups excluding carboxylic acids is 2. The smallest absolute Gasteiger partial charge is 0.236 e. The largest absolute Gasteiger partial charge is 0.492 e. The van der Waals surface area contributed by atoms with Gasteiger partial charge in [-0.1, -0.05) is 12.1 Å². The third-order valence-corrected chi connectivity index (χ3v) is 5.41. The third-order valence-electron chi connectivity index (χ3n) is 5.41. The van der Waals surface area contributed by atoms with Gasteiger partial charge in [-0.25, -0.2) is 0 Å². The van der Waals surface area contributed by atoms with E-state index in [0.29, 0.717) is 19.7 Å². The lowest BCUT2D eigenvalue weighted by Crippen LogP contribution is -2.52. The van der Waals surface area contributed by atoms with Crippen LogP contribution in [0.1, 0.15) is 19.8 Å². The number of primary amides is 1. The number of nitrogens with zero attached hydrogens (tertiary/aromatic N) is 3. The molecule has 1 aromatic carbocycles. The summed E-state index contributed by atoms with van der Waals surface area (Å²) in [6.07, 6.45) is 1.64. The van der Waals surface area contributed by atoms with Crippen LogP contribution in [0.5, 0.6) is 5.75 Å². The molecule has 2 aliphatic rings. The Bertz CT molecular complexity index is 658. The average Bonchev–Trinajstić information content (AvgIpc) is 2.69. The second-order valence-electron chi connectivity index (χ2n) is 7.25. The summed E-state index contributed by atoms with van der Waals surface area (Å²) in [5.74, 6) is 0.517. The lowest BCUT2D eigenvalue weighted by Gasteiger charge is -2.38. The number of carbonyl (C=O) groups is 2. The zero-order valence-corrected chi connectivity index (χ0v) is 16.1. The van der Waals surface area contributed by atoms with Crippen LogP contribution in [0.25, 0.3) is 0 Å². The lowest BCUT2D eigenvalue weighted by atomic mass is 9.97. The van der Waals surface area contributed by atoms with Crippen LogP contribution in [0.4, 0.5) is 5.69 Å². The van der Waals surface area contributed by atoms with Crippen molar-refractivity contribution in [3.63, 3.8) is 0 Å². The first-order chi connectivity index (χ1) is 13.1. The summed E-state index contributed by atoms with van der Waals surface area (Å²) < 4.78 is 5.74. The van der Waals surface area contributed by atoms with Gasteiger partial charge in [-0.3, -0.25) is 14.5 Å². The Kier molecular flexibility index (Phi) is 6.55. The number of benzene rings is 1. The first-order valence-corrected chi connectivity index (χ1v) is 9.84. The van der Waals surface area contributed by atoms with Crippen LogP contribution in [-0.4, -0.2) is 74.0 Å². The minimum atomic E-state index is -0.297. The van der Waals surface area contributed by atoms with Gasteiger partial charge in [0, 0.05) is 39.3 Å². The number of nitrogens with two attached hydrogens (primary N) is 1. The van der Waals surface area contributed by atoms with E-state index in [9.17, 15) is 9.59 Å². The Morgan fingerprint density at radius 2 is 1.89 bits per heavy atom. The number of amides is 2. The van der Waals surface area contributed by atoms with Gasteiger partial charge in [-0.2, -0.15) is 0 Å². The number of para-hydroxylation sites is 2. The van der Waals surface area contributed by atoms with Crippen LogP contribution in [0, 0.1) is 5.92 Å². The second-order valence-corrected chi connectivity index (χ2v) is 7.25. The minimum absolute atomic E-state index is 0.101. The first kappa shape index (κ1) is 19.5. The van der Waals surface area contributed by atoms with E-state index in [1.54, 1.807) is 4.90 Å². The average molecular weight is 374 g/mol. The molecule has 0 saturated carbocycles. The van der Waals surface area contributed by atoms with Gasteiger partial charge in [0.25, 0.3) is 0 Å². The van der Waals surface area contributed by atoms with Crippen LogP contribution in [0.3, 0.4) is 0 Å². The Balaban J connectivity index is 1.51. The monoisotopic (exact) mass is 374 g/mol. The molecule has 0 aromatic heterocycles. The van der Waals surface area contributed by atoms with Gasteiger partial charge in [-0.15, -0.1) is 0 Å².